The number of benzene rings is 12. The number of anilines is 6. The zero-order chi connectivity index (χ0) is 49.2. The molecule has 14 aromatic carbocycles. The van der Waals surface area contributed by atoms with Gasteiger partial charge in [0.25, 0.3) is 0 Å². The molecule has 2 aliphatic carbocycles. The molecule has 0 fully saturated rings. The van der Waals surface area contributed by atoms with Crippen molar-refractivity contribution in [2.45, 2.75) is 38.5 Å². The monoisotopic (exact) mass is 942 g/mol. The lowest BCUT2D eigenvalue weighted by atomic mass is 9.82. The van der Waals surface area contributed by atoms with Crippen LogP contribution in [0.2, 0.25) is 0 Å². The van der Waals surface area contributed by atoms with Crippen molar-refractivity contribution in [2.24, 2.45) is 0 Å². The van der Waals surface area contributed by atoms with Crippen LogP contribution in [0.15, 0.2) is 231 Å². The van der Waals surface area contributed by atoms with Crippen molar-refractivity contribution in [3.63, 3.8) is 0 Å². The van der Waals surface area contributed by atoms with Gasteiger partial charge in [0.2, 0.25) is 0 Å². The molecular formula is C72H50N2. The first kappa shape index (κ1) is 41.6. The lowest BCUT2D eigenvalue weighted by Crippen LogP contribution is -2.16. The summed E-state index contributed by atoms with van der Waals surface area (Å²) < 4.78 is 0. The van der Waals surface area contributed by atoms with Gasteiger partial charge in [-0.2, -0.15) is 0 Å². The minimum Gasteiger partial charge on any atom is -0.310 e. The molecule has 0 bridgehead atoms. The molecular weight excluding hydrogens is 893 g/mol. The smallest absolute Gasteiger partial charge is 0.0468 e. The van der Waals surface area contributed by atoms with E-state index in [0.717, 1.165) is 22.7 Å². The van der Waals surface area contributed by atoms with Gasteiger partial charge >= 0.3 is 0 Å². The summed E-state index contributed by atoms with van der Waals surface area (Å²) in [4.78, 5) is 4.89. The molecule has 0 amide bonds. The second kappa shape index (κ2) is 14.8. The topological polar surface area (TPSA) is 6.48 Å². The highest BCUT2D eigenvalue weighted by Crippen LogP contribution is 2.54. The highest BCUT2D eigenvalue weighted by molar-refractivity contribution is 6.41. The molecule has 2 nitrogen and oxygen atoms in total. The summed E-state index contributed by atoms with van der Waals surface area (Å²) in [5, 5.41) is 18.2. The van der Waals surface area contributed by atoms with Crippen molar-refractivity contribution in [1.29, 1.82) is 0 Å². The largest absolute Gasteiger partial charge is 0.310 e. The number of nitrogens with zero attached hydrogens (tertiary/aromatic N) is 2. The molecule has 0 atom stereocenters. The Morgan fingerprint density at radius 1 is 0.216 bits per heavy atom. The summed E-state index contributed by atoms with van der Waals surface area (Å²) in [5.74, 6) is 0. The fraction of sp³-hybridized carbons (Fsp3) is 0.0833. The molecule has 14 aromatic rings. The minimum atomic E-state index is -0.101. The van der Waals surface area contributed by atoms with Gasteiger partial charge in [-0.1, -0.05) is 173 Å². The van der Waals surface area contributed by atoms with Crippen molar-refractivity contribution in [2.75, 3.05) is 9.80 Å². The lowest BCUT2D eigenvalue weighted by Gasteiger charge is -2.28. The molecule has 0 saturated heterocycles. The Bertz CT molecular complexity index is 4360. The molecule has 0 N–H and O–H groups in total. The van der Waals surface area contributed by atoms with Crippen LogP contribution in [0.25, 0.3) is 97.7 Å². The van der Waals surface area contributed by atoms with Gasteiger partial charge in [-0.15, -0.1) is 0 Å². The highest BCUT2D eigenvalue weighted by Gasteiger charge is 2.37. The van der Waals surface area contributed by atoms with E-state index in [4.69, 9.17) is 0 Å². The predicted molar refractivity (Wildman–Crippen MR) is 316 cm³/mol. The van der Waals surface area contributed by atoms with Crippen LogP contribution in [0.5, 0.6) is 0 Å². The summed E-state index contributed by atoms with van der Waals surface area (Å²) in [6.07, 6.45) is 0. The first-order valence-corrected chi connectivity index (χ1v) is 26.2. The Hall–Kier alpha value is -8.98. The molecule has 0 spiro atoms. The zero-order valence-corrected chi connectivity index (χ0v) is 41.8. The van der Waals surface area contributed by atoms with Gasteiger partial charge in [0.15, 0.2) is 0 Å². The summed E-state index contributed by atoms with van der Waals surface area (Å²) in [5.41, 5.74) is 17.6. The molecule has 348 valence electrons. The van der Waals surface area contributed by atoms with Crippen LogP contribution < -0.4 is 9.80 Å². The number of hydrogen-bond acceptors (Lipinski definition) is 2. The number of hydrogen-bond donors (Lipinski definition) is 0. The summed E-state index contributed by atoms with van der Waals surface area (Å²) in [6, 6.07) is 87.0. The maximum Gasteiger partial charge on any atom is 0.0468 e. The van der Waals surface area contributed by atoms with Gasteiger partial charge in [0.1, 0.15) is 0 Å². The van der Waals surface area contributed by atoms with Gasteiger partial charge < -0.3 is 9.80 Å². The fourth-order valence-electron chi connectivity index (χ4n) is 14.0. The number of rotatable bonds is 6. The van der Waals surface area contributed by atoms with Gasteiger partial charge in [-0.25, -0.2) is 0 Å². The van der Waals surface area contributed by atoms with E-state index in [1.165, 1.54) is 131 Å². The molecule has 0 unspecified atom stereocenters. The van der Waals surface area contributed by atoms with Crippen molar-refractivity contribution in [1.82, 2.24) is 0 Å². The Balaban J connectivity index is 0.861. The van der Waals surface area contributed by atoms with Crippen molar-refractivity contribution < 1.29 is 0 Å². The molecule has 74 heavy (non-hydrogen) atoms. The third kappa shape index (κ3) is 5.55. The molecule has 0 aromatic heterocycles. The minimum absolute atomic E-state index is 0.101. The Morgan fingerprint density at radius 3 is 0.973 bits per heavy atom. The van der Waals surface area contributed by atoms with Crippen molar-refractivity contribution in [3.05, 3.63) is 253 Å². The number of para-hydroxylation sites is 2. The first-order chi connectivity index (χ1) is 36.2. The third-order valence-electron chi connectivity index (χ3n) is 17.5. The normalized spacial score (nSPS) is 14.2. The maximum atomic E-state index is 2.50. The van der Waals surface area contributed by atoms with Crippen LogP contribution in [0, 0.1) is 0 Å². The molecule has 0 radical (unpaired) electrons. The average Bonchev–Trinajstić information content (AvgIpc) is 4.09. The molecule has 0 saturated carbocycles. The average molecular weight is 943 g/mol. The quantitative estimate of drug-likeness (QED) is 0.153. The van der Waals surface area contributed by atoms with E-state index in [2.05, 4.69) is 268 Å². The van der Waals surface area contributed by atoms with Crippen molar-refractivity contribution in [3.8, 4) is 22.3 Å². The number of fused-ring (bicyclic) bond motifs is 15. The standard InChI is InChI=1S/C72H50N2/c1-71(2)65-27-13-11-21-51(65)53-35-31-47(39-67(53)71)73(43-17-7-5-8-18-43)45-29-33-49-59(37-45)55-23-15-25-57-62-42-64-50-34-30-46(38-60(50)56-24-16-26-58(70(56)64)61(62)41-63(49)69(55)57)74(44-19-9-6-10-20-44)48-32-36-54-52-22-12-14-28-66(52)72(3,4)68(54)40-48/h5-42H,1-4H3. The SMILES string of the molecule is CC1(C)c2ccccc2-c2ccc(N(c3ccccc3)c3ccc4c(c3)c3cccc5c6cc7c8ccc(N(c9ccccc9)c9ccc%10c(c9)C(C)(C)c9ccccc9-%10)cc8c8cccc(c6cc4c35)c87)cc21. The third-order valence-corrected chi connectivity index (χ3v) is 17.5. The van der Waals surface area contributed by atoms with Crippen LogP contribution in [0.1, 0.15) is 49.9 Å². The molecule has 2 aliphatic rings. The van der Waals surface area contributed by atoms with Crippen LogP contribution >= 0.6 is 0 Å². The molecule has 2 heteroatoms. The van der Waals surface area contributed by atoms with Gasteiger partial charge in [-0.05, 0) is 205 Å². The van der Waals surface area contributed by atoms with Gasteiger partial charge in [0.05, 0.1) is 0 Å². The zero-order valence-electron chi connectivity index (χ0n) is 41.8. The second-order valence-corrected chi connectivity index (χ2v) is 22.0. The fourth-order valence-corrected chi connectivity index (χ4v) is 14.0. The summed E-state index contributed by atoms with van der Waals surface area (Å²) in [6.45, 7) is 9.47. The first-order valence-electron chi connectivity index (χ1n) is 26.2. The highest BCUT2D eigenvalue weighted by atomic mass is 15.1. The Kier molecular flexibility index (Phi) is 8.33. The molecule has 0 aliphatic heterocycles. The van der Waals surface area contributed by atoms with Crippen LogP contribution in [0.4, 0.5) is 34.1 Å². The van der Waals surface area contributed by atoms with Crippen molar-refractivity contribution >= 4 is 110 Å². The van der Waals surface area contributed by atoms with Gasteiger partial charge in [-0.3, -0.25) is 0 Å². The second-order valence-electron chi connectivity index (χ2n) is 22.0. The van der Waals surface area contributed by atoms with Crippen LogP contribution in [-0.2, 0) is 10.8 Å². The van der Waals surface area contributed by atoms with E-state index in [1.807, 2.05) is 0 Å². The Labute approximate surface area is 430 Å². The van der Waals surface area contributed by atoms with Gasteiger partial charge in [0, 0.05) is 45.0 Å². The van der Waals surface area contributed by atoms with E-state index >= 15 is 0 Å². The Morgan fingerprint density at radius 2 is 0.554 bits per heavy atom. The van der Waals surface area contributed by atoms with E-state index in [-0.39, 0.29) is 10.8 Å². The predicted octanol–water partition coefficient (Wildman–Crippen LogP) is 20.2. The van der Waals surface area contributed by atoms with Crippen LogP contribution in [-0.4, -0.2) is 0 Å². The van der Waals surface area contributed by atoms with E-state index in [0.29, 0.717) is 0 Å². The maximum absolute atomic E-state index is 2.50. The van der Waals surface area contributed by atoms with Crippen LogP contribution in [0.3, 0.4) is 0 Å². The summed E-state index contributed by atoms with van der Waals surface area (Å²) in [7, 11) is 0. The lowest BCUT2D eigenvalue weighted by molar-refractivity contribution is 0.660. The molecule has 16 rings (SSSR count). The van der Waals surface area contributed by atoms with E-state index in [9.17, 15) is 0 Å². The van der Waals surface area contributed by atoms with E-state index < -0.39 is 0 Å². The summed E-state index contributed by atoms with van der Waals surface area (Å²) >= 11 is 0. The molecule has 0 heterocycles. The van der Waals surface area contributed by atoms with E-state index in [1.54, 1.807) is 0 Å².